The molecule has 6 heteroatoms. The van der Waals surface area contributed by atoms with Crippen LogP contribution < -0.4 is 0 Å². The van der Waals surface area contributed by atoms with Gasteiger partial charge >= 0.3 is 12.1 Å². The number of carboxylic acid groups (broad SMARTS) is 1. The summed E-state index contributed by atoms with van der Waals surface area (Å²) in [6, 6.07) is 0.253. The normalized spacial score (nSPS) is 23.4. The summed E-state index contributed by atoms with van der Waals surface area (Å²) < 4.78 is 5.38. The van der Waals surface area contributed by atoms with E-state index < -0.39 is 23.2 Å². The van der Waals surface area contributed by atoms with Crippen LogP contribution in [0.25, 0.3) is 0 Å². The molecule has 1 fully saturated rings. The standard InChI is InChI=1S/C15H28N2O4/c1-7-17(13(20)21-14(4,5)6)15(12(18)19)8-9-16(10-15)11(2)3/h11H,7-10H2,1-6H3,(H,18,19). The van der Waals surface area contributed by atoms with Crippen molar-refractivity contribution in [2.75, 3.05) is 19.6 Å². The minimum atomic E-state index is -1.19. The number of aliphatic carboxylic acids is 1. The van der Waals surface area contributed by atoms with Crippen LogP contribution in [0.15, 0.2) is 0 Å². The largest absolute Gasteiger partial charge is 0.479 e. The van der Waals surface area contributed by atoms with E-state index in [1.54, 1.807) is 27.7 Å². The van der Waals surface area contributed by atoms with Gasteiger partial charge in [-0.25, -0.2) is 9.59 Å². The first-order valence-corrected chi connectivity index (χ1v) is 7.51. The second kappa shape index (κ2) is 6.22. The number of carbonyl (C=O) groups is 2. The third kappa shape index (κ3) is 3.87. The van der Waals surface area contributed by atoms with Crippen LogP contribution in [-0.4, -0.2) is 63.8 Å². The van der Waals surface area contributed by atoms with E-state index in [4.69, 9.17) is 4.74 Å². The number of carboxylic acids is 1. The van der Waals surface area contributed by atoms with Gasteiger partial charge in [0.05, 0.1) is 0 Å². The van der Waals surface area contributed by atoms with E-state index in [0.29, 0.717) is 26.1 Å². The molecular formula is C15H28N2O4. The Balaban J connectivity index is 3.03. The fourth-order valence-electron chi connectivity index (χ4n) is 2.70. The van der Waals surface area contributed by atoms with Gasteiger partial charge in [-0.1, -0.05) is 0 Å². The Labute approximate surface area is 127 Å². The lowest BCUT2D eigenvalue weighted by atomic mass is 9.96. The molecule has 1 saturated heterocycles. The first-order chi connectivity index (χ1) is 9.53. The Morgan fingerprint density at radius 1 is 1.38 bits per heavy atom. The van der Waals surface area contributed by atoms with Crippen LogP contribution in [-0.2, 0) is 9.53 Å². The van der Waals surface area contributed by atoms with Crippen molar-refractivity contribution >= 4 is 12.1 Å². The summed E-state index contributed by atoms with van der Waals surface area (Å²) in [6.45, 7) is 12.5. The van der Waals surface area contributed by atoms with Crippen LogP contribution in [0, 0.1) is 0 Å². The Morgan fingerprint density at radius 3 is 2.29 bits per heavy atom. The summed E-state index contributed by atoms with van der Waals surface area (Å²) in [5, 5.41) is 9.74. The van der Waals surface area contributed by atoms with Crippen LogP contribution in [0.1, 0.15) is 48.0 Å². The minimum Gasteiger partial charge on any atom is -0.479 e. The number of hydrogen-bond donors (Lipinski definition) is 1. The molecule has 0 spiro atoms. The number of likely N-dealkylation sites (tertiary alicyclic amines) is 1. The van der Waals surface area contributed by atoms with Crippen molar-refractivity contribution in [3.05, 3.63) is 0 Å². The highest BCUT2D eigenvalue weighted by molar-refractivity contribution is 5.85. The monoisotopic (exact) mass is 300 g/mol. The fraction of sp³-hybridized carbons (Fsp3) is 0.867. The van der Waals surface area contributed by atoms with Gasteiger partial charge in [0.15, 0.2) is 5.54 Å². The van der Waals surface area contributed by atoms with E-state index in [1.165, 1.54) is 4.90 Å². The molecule has 0 aromatic rings. The predicted octanol–water partition coefficient (Wildman–Crippen LogP) is 2.18. The average Bonchev–Trinajstić information content (AvgIpc) is 2.73. The first-order valence-electron chi connectivity index (χ1n) is 7.51. The molecule has 1 unspecified atom stereocenters. The zero-order chi connectivity index (χ0) is 16.4. The molecule has 0 aromatic heterocycles. The molecule has 1 rings (SSSR count). The van der Waals surface area contributed by atoms with Crippen LogP contribution in [0.5, 0.6) is 0 Å². The highest BCUT2D eigenvalue weighted by Crippen LogP contribution is 2.31. The highest BCUT2D eigenvalue weighted by atomic mass is 16.6. The number of ether oxygens (including phenoxy) is 1. The van der Waals surface area contributed by atoms with Crippen molar-refractivity contribution < 1.29 is 19.4 Å². The SMILES string of the molecule is CCN(C(=O)OC(C)(C)C)C1(C(=O)O)CCN(C(C)C)C1. The van der Waals surface area contributed by atoms with E-state index in [9.17, 15) is 14.7 Å². The molecule has 0 radical (unpaired) electrons. The summed E-state index contributed by atoms with van der Waals surface area (Å²) in [6.07, 6.45) is -0.133. The van der Waals surface area contributed by atoms with Gasteiger partial charge in [0.1, 0.15) is 5.60 Å². The van der Waals surface area contributed by atoms with E-state index >= 15 is 0 Å². The lowest BCUT2D eigenvalue weighted by Crippen LogP contribution is -2.59. The van der Waals surface area contributed by atoms with Crippen LogP contribution >= 0.6 is 0 Å². The highest BCUT2D eigenvalue weighted by Gasteiger charge is 2.52. The first kappa shape index (κ1) is 17.8. The van der Waals surface area contributed by atoms with Crippen LogP contribution in [0.4, 0.5) is 4.79 Å². The number of nitrogens with zero attached hydrogens (tertiary/aromatic N) is 2. The molecule has 122 valence electrons. The zero-order valence-corrected chi connectivity index (χ0v) is 14.0. The lowest BCUT2D eigenvalue weighted by molar-refractivity contribution is -0.150. The summed E-state index contributed by atoms with van der Waals surface area (Å²) in [4.78, 5) is 27.7. The van der Waals surface area contributed by atoms with E-state index in [2.05, 4.69) is 4.90 Å². The molecule has 0 aromatic carbocycles. The van der Waals surface area contributed by atoms with Gasteiger partial charge in [-0.05, 0) is 48.0 Å². The number of carbonyl (C=O) groups excluding carboxylic acids is 1. The molecule has 1 N–H and O–H groups in total. The number of likely N-dealkylation sites (N-methyl/N-ethyl adjacent to an activating group) is 1. The Kier molecular flexibility index (Phi) is 5.25. The molecule has 0 bridgehead atoms. The number of amides is 1. The second-order valence-corrected chi connectivity index (χ2v) is 6.88. The molecule has 0 aliphatic carbocycles. The lowest BCUT2D eigenvalue weighted by Gasteiger charge is -2.38. The zero-order valence-electron chi connectivity index (χ0n) is 14.0. The smallest absolute Gasteiger partial charge is 0.411 e. The summed E-state index contributed by atoms with van der Waals surface area (Å²) in [5.41, 5.74) is -1.83. The van der Waals surface area contributed by atoms with Crippen molar-refractivity contribution in [3.63, 3.8) is 0 Å². The molecular weight excluding hydrogens is 272 g/mol. The van der Waals surface area contributed by atoms with Crippen molar-refractivity contribution in [2.45, 2.75) is 65.1 Å². The summed E-state index contributed by atoms with van der Waals surface area (Å²) in [5.74, 6) is -0.960. The van der Waals surface area contributed by atoms with Gasteiger partial charge in [0.25, 0.3) is 0 Å². The molecule has 1 heterocycles. The van der Waals surface area contributed by atoms with Gasteiger partial charge in [-0.15, -0.1) is 0 Å². The quantitative estimate of drug-likeness (QED) is 0.861. The Hall–Kier alpha value is -1.30. The molecule has 6 nitrogen and oxygen atoms in total. The maximum absolute atomic E-state index is 12.4. The Bertz CT molecular complexity index is 403. The maximum atomic E-state index is 12.4. The number of rotatable bonds is 4. The topological polar surface area (TPSA) is 70.1 Å². The van der Waals surface area contributed by atoms with E-state index in [0.717, 1.165) is 0 Å². The molecule has 1 aliphatic heterocycles. The molecule has 1 aliphatic rings. The fourth-order valence-corrected chi connectivity index (χ4v) is 2.70. The van der Waals surface area contributed by atoms with Crippen molar-refractivity contribution in [1.29, 1.82) is 0 Å². The van der Waals surface area contributed by atoms with Gasteiger partial charge in [0.2, 0.25) is 0 Å². The third-order valence-corrected chi connectivity index (χ3v) is 3.85. The Morgan fingerprint density at radius 2 is 1.95 bits per heavy atom. The molecule has 21 heavy (non-hydrogen) atoms. The van der Waals surface area contributed by atoms with Gasteiger partial charge in [0, 0.05) is 25.7 Å². The summed E-state index contributed by atoms with van der Waals surface area (Å²) in [7, 11) is 0. The van der Waals surface area contributed by atoms with Crippen molar-refractivity contribution in [1.82, 2.24) is 9.80 Å². The van der Waals surface area contributed by atoms with Gasteiger partial charge in [-0.2, -0.15) is 0 Å². The van der Waals surface area contributed by atoms with Gasteiger partial charge < -0.3 is 9.84 Å². The number of hydrogen-bond acceptors (Lipinski definition) is 4. The van der Waals surface area contributed by atoms with Crippen molar-refractivity contribution in [3.8, 4) is 0 Å². The predicted molar refractivity (Wildman–Crippen MR) is 80.3 cm³/mol. The van der Waals surface area contributed by atoms with E-state index in [-0.39, 0.29) is 6.04 Å². The molecule has 0 saturated carbocycles. The minimum absolute atomic E-state index is 0.253. The molecule has 1 atom stereocenters. The average molecular weight is 300 g/mol. The van der Waals surface area contributed by atoms with Crippen LogP contribution in [0.3, 0.4) is 0 Å². The summed E-state index contributed by atoms with van der Waals surface area (Å²) >= 11 is 0. The van der Waals surface area contributed by atoms with E-state index in [1.807, 2.05) is 13.8 Å². The maximum Gasteiger partial charge on any atom is 0.411 e. The van der Waals surface area contributed by atoms with Gasteiger partial charge in [-0.3, -0.25) is 9.80 Å². The van der Waals surface area contributed by atoms with Crippen LogP contribution in [0.2, 0.25) is 0 Å². The van der Waals surface area contributed by atoms with Crippen molar-refractivity contribution in [2.24, 2.45) is 0 Å². The second-order valence-electron chi connectivity index (χ2n) is 6.88. The molecule has 1 amide bonds. The third-order valence-electron chi connectivity index (χ3n) is 3.85.